The van der Waals surface area contributed by atoms with Gasteiger partial charge in [-0.3, -0.25) is 4.79 Å². The molecule has 0 spiro atoms. The van der Waals surface area contributed by atoms with Crippen molar-refractivity contribution in [1.82, 2.24) is 4.72 Å². The van der Waals surface area contributed by atoms with Crippen LogP contribution in [0.2, 0.25) is 0 Å². The topological polar surface area (TPSA) is 84.5 Å². The fourth-order valence-electron chi connectivity index (χ4n) is 2.95. The summed E-state index contributed by atoms with van der Waals surface area (Å²) < 4.78 is 32.7. The van der Waals surface area contributed by atoms with Crippen LogP contribution in [0.25, 0.3) is 0 Å². The average molecular weight is 388 g/mol. The van der Waals surface area contributed by atoms with Crippen LogP contribution in [0.15, 0.2) is 53.4 Å². The summed E-state index contributed by atoms with van der Waals surface area (Å²) in [4.78, 5) is 12.5. The van der Waals surface area contributed by atoms with E-state index in [9.17, 15) is 13.2 Å². The molecule has 144 valence electrons. The molecular weight excluding hydrogens is 364 g/mol. The monoisotopic (exact) mass is 388 g/mol. The molecular formula is C20H24N2O4S. The van der Waals surface area contributed by atoms with Crippen LogP contribution in [0.4, 0.5) is 5.69 Å². The minimum atomic E-state index is -3.62. The lowest BCUT2D eigenvalue weighted by Gasteiger charge is -2.12. The van der Waals surface area contributed by atoms with Crippen LogP contribution in [0, 0.1) is 0 Å². The molecule has 0 saturated carbocycles. The zero-order valence-corrected chi connectivity index (χ0v) is 16.1. The first-order valence-electron chi connectivity index (χ1n) is 9.09. The quantitative estimate of drug-likeness (QED) is 0.764. The maximum absolute atomic E-state index is 12.4. The Morgan fingerprint density at radius 1 is 1.19 bits per heavy atom. The third-order valence-corrected chi connectivity index (χ3v) is 5.98. The molecule has 3 rings (SSSR count). The molecule has 0 aromatic heterocycles. The van der Waals surface area contributed by atoms with Crippen LogP contribution in [-0.2, 0) is 21.2 Å². The molecule has 1 heterocycles. The van der Waals surface area contributed by atoms with E-state index in [1.54, 1.807) is 0 Å². The largest absolute Gasteiger partial charge is 0.377 e. The van der Waals surface area contributed by atoms with Gasteiger partial charge in [-0.05, 0) is 61.2 Å². The van der Waals surface area contributed by atoms with Crippen LogP contribution >= 0.6 is 0 Å². The van der Waals surface area contributed by atoms with Crippen LogP contribution in [0.5, 0.6) is 0 Å². The fraction of sp³-hybridized carbons (Fsp3) is 0.350. The van der Waals surface area contributed by atoms with E-state index in [2.05, 4.69) is 10.0 Å². The van der Waals surface area contributed by atoms with Gasteiger partial charge in [-0.1, -0.05) is 19.1 Å². The fourth-order valence-corrected chi connectivity index (χ4v) is 4.02. The first-order chi connectivity index (χ1) is 13.0. The maximum atomic E-state index is 12.4. The zero-order valence-electron chi connectivity index (χ0n) is 15.3. The normalized spacial score (nSPS) is 17.0. The molecule has 2 aromatic carbocycles. The van der Waals surface area contributed by atoms with E-state index in [4.69, 9.17) is 4.74 Å². The van der Waals surface area contributed by atoms with E-state index in [0.717, 1.165) is 24.8 Å². The lowest BCUT2D eigenvalue weighted by Crippen LogP contribution is -2.31. The number of hydrogen-bond acceptors (Lipinski definition) is 4. The molecule has 6 nitrogen and oxygen atoms in total. The van der Waals surface area contributed by atoms with Gasteiger partial charge in [-0.2, -0.15) is 0 Å². The van der Waals surface area contributed by atoms with Crippen LogP contribution < -0.4 is 10.0 Å². The van der Waals surface area contributed by atoms with Gasteiger partial charge in [0.15, 0.2) is 0 Å². The molecule has 0 aliphatic carbocycles. The summed E-state index contributed by atoms with van der Waals surface area (Å²) in [5.41, 5.74) is 2.25. The minimum Gasteiger partial charge on any atom is -0.377 e. The lowest BCUT2D eigenvalue weighted by molar-refractivity contribution is 0.102. The predicted octanol–water partition coefficient (Wildman–Crippen LogP) is 2.96. The standard InChI is InChI=1S/C20H24N2O4S/c1-2-15-5-3-6-17(13-15)22-20(23)16-8-10-19(11-9-16)27(24,25)21-14-18-7-4-12-26-18/h3,5-6,8-11,13,18,21H,2,4,7,12,14H2,1H3,(H,22,23). The van der Waals surface area contributed by atoms with E-state index < -0.39 is 10.0 Å². The first kappa shape index (κ1) is 19.5. The number of anilines is 1. The van der Waals surface area contributed by atoms with Gasteiger partial charge in [0, 0.05) is 24.4 Å². The molecule has 0 radical (unpaired) electrons. The average Bonchev–Trinajstić information content (AvgIpc) is 3.20. The van der Waals surface area contributed by atoms with Crippen LogP contribution in [0.1, 0.15) is 35.7 Å². The molecule has 0 bridgehead atoms. The number of ether oxygens (including phenoxy) is 1. The first-order valence-corrected chi connectivity index (χ1v) is 10.6. The number of rotatable bonds is 7. The second kappa shape index (κ2) is 8.65. The number of benzene rings is 2. The smallest absolute Gasteiger partial charge is 0.255 e. The highest BCUT2D eigenvalue weighted by Gasteiger charge is 2.20. The number of hydrogen-bond donors (Lipinski definition) is 2. The van der Waals surface area contributed by atoms with Crippen molar-refractivity contribution in [1.29, 1.82) is 0 Å². The van der Waals surface area contributed by atoms with Crippen molar-refractivity contribution < 1.29 is 17.9 Å². The van der Waals surface area contributed by atoms with Gasteiger partial charge in [0.05, 0.1) is 11.0 Å². The summed E-state index contributed by atoms with van der Waals surface area (Å²) in [5.74, 6) is -0.278. The number of nitrogens with one attached hydrogen (secondary N) is 2. The minimum absolute atomic E-state index is 0.0660. The highest BCUT2D eigenvalue weighted by atomic mass is 32.2. The van der Waals surface area contributed by atoms with Crippen LogP contribution in [-0.4, -0.2) is 33.6 Å². The Morgan fingerprint density at radius 3 is 2.63 bits per heavy atom. The number of sulfonamides is 1. The molecule has 1 fully saturated rings. The van der Waals surface area contributed by atoms with Gasteiger partial charge in [-0.25, -0.2) is 13.1 Å². The van der Waals surface area contributed by atoms with E-state index in [-0.39, 0.29) is 23.5 Å². The van der Waals surface area contributed by atoms with Crippen molar-refractivity contribution in [2.45, 2.75) is 37.2 Å². The van der Waals surface area contributed by atoms with E-state index in [0.29, 0.717) is 17.9 Å². The summed E-state index contributed by atoms with van der Waals surface area (Å²) in [6.07, 6.45) is 2.64. The number of amides is 1. The summed E-state index contributed by atoms with van der Waals surface area (Å²) in [6.45, 7) is 2.99. The molecule has 1 atom stereocenters. The second-order valence-electron chi connectivity index (χ2n) is 6.52. The van der Waals surface area contributed by atoms with Crippen molar-refractivity contribution >= 4 is 21.6 Å². The van der Waals surface area contributed by atoms with E-state index in [1.807, 2.05) is 31.2 Å². The number of aryl methyl sites for hydroxylation is 1. The Morgan fingerprint density at radius 2 is 1.96 bits per heavy atom. The Kier molecular flexibility index (Phi) is 6.26. The van der Waals surface area contributed by atoms with E-state index >= 15 is 0 Å². The SMILES string of the molecule is CCc1cccc(NC(=O)c2ccc(S(=O)(=O)NCC3CCCO3)cc2)c1. The molecule has 1 saturated heterocycles. The highest BCUT2D eigenvalue weighted by molar-refractivity contribution is 7.89. The molecule has 1 aliphatic rings. The molecule has 7 heteroatoms. The molecule has 2 aromatic rings. The van der Waals surface area contributed by atoms with Gasteiger partial charge in [-0.15, -0.1) is 0 Å². The Hall–Kier alpha value is -2.22. The van der Waals surface area contributed by atoms with Gasteiger partial charge < -0.3 is 10.1 Å². The summed E-state index contributed by atoms with van der Waals surface area (Å²) in [5, 5.41) is 2.83. The molecule has 1 amide bonds. The van der Waals surface area contributed by atoms with Gasteiger partial charge in [0.2, 0.25) is 10.0 Å². The van der Waals surface area contributed by atoms with Crippen molar-refractivity contribution in [2.24, 2.45) is 0 Å². The third kappa shape index (κ3) is 5.15. The molecule has 2 N–H and O–H groups in total. The zero-order chi connectivity index (χ0) is 19.3. The van der Waals surface area contributed by atoms with Crippen LogP contribution in [0.3, 0.4) is 0 Å². The number of carbonyl (C=O) groups excluding carboxylic acids is 1. The van der Waals surface area contributed by atoms with Gasteiger partial charge >= 0.3 is 0 Å². The number of carbonyl (C=O) groups is 1. The Balaban J connectivity index is 1.63. The Labute approximate surface area is 160 Å². The predicted molar refractivity (Wildman–Crippen MR) is 104 cm³/mol. The van der Waals surface area contributed by atoms with Gasteiger partial charge in [0.25, 0.3) is 5.91 Å². The van der Waals surface area contributed by atoms with Crippen molar-refractivity contribution in [2.75, 3.05) is 18.5 Å². The summed E-state index contributed by atoms with van der Waals surface area (Å²) in [7, 11) is -3.62. The summed E-state index contributed by atoms with van der Waals surface area (Å²) in [6, 6.07) is 13.5. The van der Waals surface area contributed by atoms with Crippen molar-refractivity contribution in [3.63, 3.8) is 0 Å². The molecule has 1 unspecified atom stereocenters. The highest BCUT2D eigenvalue weighted by Crippen LogP contribution is 2.16. The third-order valence-electron chi connectivity index (χ3n) is 4.54. The van der Waals surface area contributed by atoms with Gasteiger partial charge in [0.1, 0.15) is 0 Å². The maximum Gasteiger partial charge on any atom is 0.255 e. The van der Waals surface area contributed by atoms with E-state index in [1.165, 1.54) is 24.3 Å². The van der Waals surface area contributed by atoms with Crippen molar-refractivity contribution in [3.8, 4) is 0 Å². The summed E-state index contributed by atoms with van der Waals surface area (Å²) >= 11 is 0. The second-order valence-corrected chi connectivity index (χ2v) is 8.29. The molecule has 27 heavy (non-hydrogen) atoms. The Bertz CT molecular complexity index is 888. The lowest BCUT2D eigenvalue weighted by atomic mass is 10.1. The van der Waals surface area contributed by atoms with Crippen molar-refractivity contribution in [3.05, 3.63) is 59.7 Å². The molecule has 1 aliphatic heterocycles.